The number of ether oxygens (including phenoxy) is 2. The van der Waals surface area contributed by atoms with Gasteiger partial charge in [-0.2, -0.15) is 8.78 Å². The second-order valence-electron chi connectivity index (χ2n) is 5.26. The SMILES string of the molecule is COc1ccc(NC(=O)[C@H](C)OC(=O)c2ccccc2SC(F)F)cc1Cl. The lowest BCUT2D eigenvalue weighted by Gasteiger charge is -2.15. The summed E-state index contributed by atoms with van der Waals surface area (Å²) < 4.78 is 35.3. The second kappa shape index (κ2) is 9.57. The molecule has 0 saturated heterocycles. The van der Waals surface area contributed by atoms with E-state index in [-0.39, 0.29) is 22.2 Å². The van der Waals surface area contributed by atoms with E-state index in [1.165, 1.54) is 44.4 Å². The number of halogens is 3. The van der Waals surface area contributed by atoms with E-state index < -0.39 is 23.7 Å². The Balaban J connectivity index is 2.04. The highest BCUT2D eigenvalue weighted by Gasteiger charge is 2.22. The van der Waals surface area contributed by atoms with Gasteiger partial charge in [0.1, 0.15) is 5.75 Å². The first-order chi connectivity index (χ1) is 12.8. The summed E-state index contributed by atoms with van der Waals surface area (Å²) in [6.07, 6.45) is -1.15. The number of alkyl halides is 2. The molecule has 0 aliphatic heterocycles. The molecule has 1 atom stereocenters. The zero-order valence-corrected chi connectivity index (χ0v) is 15.9. The van der Waals surface area contributed by atoms with Crippen LogP contribution in [0.5, 0.6) is 5.75 Å². The van der Waals surface area contributed by atoms with Crippen molar-refractivity contribution in [3.05, 3.63) is 53.1 Å². The lowest BCUT2D eigenvalue weighted by atomic mass is 10.2. The van der Waals surface area contributed by atoms with Crippen molar-refractivity contribution in [1.82, 2.24) is 0 Å². The number of carbonyl (C=O) groups excluding carboxylic acids is 2. The molecule has 0 saturated carbocycles. The maximum Gasteiger partial charge on any atom is 0.340 e. The largest absolute Gasteiger partial charge is 0.495 e. The molecule has 0 aromatic heterocycles. The van der Waals surface area contributed by atoms with Crippen molar-refractivity contribution < 1.29 is 27.8 Å². The molecule has 2 rings (SSSR count). The standard InChI is InChI=1S/C18H16ClF2NO4S/c1-10(16(23)22-11-7-8-14(25-2)13(19)9-11)26-17(24)12-5-3-4-6-15(12)27-18(20)21/h3-10,18H,1-2H3,(H,22,23)/t10-/m0/s1. The van der Waals surface area contributed by atoms with Gasteiger partial charge >= 0.3 is 5.97 Å². The molecule has 0 fully saturated rings. The topological polar surface area (TPSA) is 64.6 Å². The van der Waals surface area contributed by atoms with Crippen LogP contribution < -0.4 is 10.1 Å². The summed E-state index contributed by atoms with van der Waals surface area (Å²) in [5.74, 6) is -3.69. The highest BCUT2D eigenvalue weighted by atomic mass is 35.5. The summed E-state index contributed by atoms with van der Waals surface area (Å²) >= 11 is 6.23. The van der Waals surface area contributed by atoms with Crippen LogP contribution in [0.25, 0.3) is 0 Å². The third kappa shape index (κ3) is 5.83. The Hall–Kier alpha value is -2.32. The van der Waals surface area contributed by atoms with Crippen molar-refractivity contribution in [2.24, 2.45) is 0 Å². The molecule has 1 N–H and O–H groups in total. The fraction of sp³-hybridized carbons (Fsp3) is 0.222. The smallest absolute Gasteiger partial charge is 0.340 e. The lowest BCUT2D eigenvalue weighted by molar-refractivity contribution is -0.123. The van der Waals surface area contributed by atoms with Gasteiger partial charge in [0.15, 0.2) is 6.10 Å². The minimum absolute atomic E-state index is 0.0325. The molecule has 0 heterocycles. The first-order valence-corrected chi connectivity index (χ1v) is 8.96. The molecular formula is C18H16ClF2NO4S. The van der Waals surface area contributed by atoms with Crippen molar-refractivity contribution in [3.8, 4) is 5.75 Å². The van der Waals surface area contributed by atoms with Gasteiger partial charge < -0.3 is 14.8 Å². The van der Waals surface area contributed by atoms with Crippen LogP contribution in [0.4, 0.5) is 14.5 Å². The lowest BCUT2D eigenvalue weighted by Crippen LogP contribution is -2.30. The molecule has 0 aliphatic carbocycles. The molecule has 0 radical (unpaired) electrons. The van der Waals surface area contributed by atoms with Gasteiger partial charge in [0.2, 0.25) is 0 Å². The van der Waals surface area contributed by atoms with Gasteiger partial charge in [-0.15, -0.1) is 0 Å². The Bertz CT molecular complexity index is 835. The highest BCUT2D eigenvalue weighted by molar-refractivity contribution is 7.99. The Kier molecular flexibility index (Phi) is 7.44. The number of carbonyl (C=O) groups is 2. The number of esters is 1. The number of methoxy groups -OCH3 is 1. The average Bonchev–Trinajstić information content (AvgIpc) is 2.61. The van der Waals surface area contributed by atoms with Crippen LogP contribution in [0.3, 0.4) is 0 Å². The van der Waals surface area contributed by atoms with E-state index in [0.717, 1.165) is 0 Å². The average molecular weight is 416 g/mol. The Morgan fingerprint density at radius 3 is 2.52 bits per heavy atom. The van der Waals surface area contributed by atoms with Crippen LogP contribution >= 0.6 is 23.4 Å². The van der Waals surface area contributed by atoms with Crippen LogP contribution in [0.2, 0.25) is 5.02 Å². The van der Waals surface area contributed by atoms with Crippen molar-refractivity contribution in [1.29, 1.82) is 0 Å². The van der Waals surface area contributed by atoms with Crippen molar-refractivity contribution in [3.63, 3.8) is 0 Å². The number of thioether (sulfide) groups is 1. The highest BCUT2D eigenvalue weighted by Crippen LogP contribution is 2.29. The molecule has 0 unspecified atom stereocenters. The minimum Gasteiger partial charge on any atom is -0.495 e. The van der Waals surface area contributed by atoms with E-state index in [4.69, 9.17) is 21.1 Å². The van der Waals surface area contributed by atoms with Gasteiger partial charge in [-0.05, 0) is 37.3 Å². The second-order valence-corrected chi connectivity index (χ2v) is 6.70. The first kappa shape index (κ1) is 21.0. The molecule has 0 bridgehead atoms. The molecule has 144 valence electrons. The third-order valence-electron chi connectivity index (χ3n) is 3.40. The number of amides is 1. The normalized spacial score (nSPS) is 11.8. The fourth-order valence-corrected chi connectivity index (χ4v) is 2.98. The van der Waals surface area contributed by atoms with Crippen LogP contribution in [-0.2, 0) is 9.53 Å². The summed E-state index contributed by atoms with van der Waals surface area (Å²) in [6, 6.07) is 10.4. The number of rotatable bonds is 7. The Morgan fingerprint density at radius 1 is 1.19 bits per heavy atom. The van der Waals surface area contributed by atoms with E-state index >= 15 is 0 Å². The number of nitrogens with one attached hydrogen (secondary N) is 1. The monoisotopic (exact) mass is 415 g/mol. The van der Waals surface area contributed by atoms with Gasteiger partial charge in [-0.1, -0.05) is 35.5 Å². The Labute approximate surface area is 164 Å². The van der Waals surface area contributed by atoms with Gasteiger partial charge in [0.25, 0.3) is 11.7 Å². The van der Waals surface area contributed by atoms with Crippen molar-refractivity contribution in [2.75, 3.05) is 12.4 Å². The van der Waals surface area contributed by atoms with E-state index in [2.05, 4.69) is 5.32 Å². The summed E-state index contributed by atoms with van der Waals surface area (Å²) in [6.45, 7) is 1.38. The summed E-state index contributed by atoms with van der Waals surface area (Å²) in [5.41, 5.74) is 0.359. The number of hydrogen-bond acceptors (Lipinski definition) is 5. The molecule has 0 spiro atoms. The quantitative estimate of drug-likeness (QED) is 0.517. The third-order valence-corrected chi connectivity index (χ3v) is 4.48. The maximum absolute atomic E-state index is 12.6. The predicted octanol–water partition coefficient (Wildman–Crippen LogP) is 4.85. The molecule has 2 aromatic rings. The van der Waals surface area contributed by atoms with Gasteiger partial charge in [-0.25, -0.2) is 4.79 Å². The molecule has 5 nitrogen and oxygen atoms in total. The molecule has 27 heavy (non-hydrogen) atoms. The van der Waals surface area contributed by atoms with Crippen LogP contribution in [-0.4, -0.2) is 30.8 Å². The van der Waals surface area contributed by atoms with Crippen molar-refractivity contribution in [2.45, 2.75) is 23.7 Å². The zero-order chi connectivity index (χ0) is 20.0. The maximum atomic E-state index is 12.6. The number of benzene rings is 2. The summed E-state index contributed by atoms with van der Waals surface area (Å²) in [7, 11) is 1.46. The Morgan fingerprint density at radius 2 is 1.89 bits per heavy atom. The van der Waals surface area contributed by atoms with Crippen LogP contribution in [0.1, 0.15) is 17.3 Å². The number of anilines is 1. The van der Waals surface area contributed by atoms with E-state index in [1.54, 1.807) is 12.1 Å². The summed E-state index contributed by atoms with van der Waals surface area (Å²) in [4.78, 5) is 24.5. The first-order valence-electron chi connectivity index (χ1n) is 7.71. The fourth-order valence-electron chi connectivity index (χ4n) is 2.10. The number of hydrogen-bond donors (Lipinski definition) is 1. The van der Waals surface area contributed by atoms with Crippen LogP contribution in [0, 0.1) is 0 Å². The van der Waals surface area contributed by atoms with Gasteiger partial charge in [-0.3, -0.25) is 4.79 Å². The molecule has 2 aromatic carbocycles. The molecule has 1 amide bonds. The zero-order valence-electron chi connectivity index (χ0n) is 14.4. The predicted molar refractivity (Wildman–Crippen MR) is 99.8 cm³/mol. The summed E-state index contributed by atoms with van der Waals surface area (Å²) in [5, 5.41) is 2.86. The molecule has 9 heteroatoms. The molecule has 0 aliphatic rings. The van der Waals surface area contributed by atoms with E-state index in [0.29, 0.717) is 16.5 Å². The van der Waals surface area contributed by atoms with E-state index in [9.17, 15) is 18.4 Å². The molecular weight excluding hydrogens is 400 g/mol. The van der Waals surface area contributed by atoms with Crippen LogP contribution in [0.15, 0.2) is 47.4 Å². The minimum atomic E-state index is -2.68. The van der Waals surface area contributed by atoms with Gasteiger partial charge in [0.05, 0.1) is 17.7 Å². The van der Waals surface area contributed by atoms with Crippen molar-refractivity contribution >= 4 is 40.9 Å². The van der Waals surface area contributed by atoms with E-state index in [1.807, 2.05) is 0 Å². The van der Waals surface area contributed by atoms with Gasteiger partial charge in [0, 0.05) is 10.6 Å².